The molecule has 0 saturated carbocycles. The predicted octanol–water partition coefficient (Wildman–Crippen LogP) is 2.79. The van der Waals surface area contributed by atoms with E-state index >= 15 is 0 Å². The van der Waals surface area contributed by atoms with Gasteiger partial charge in [-0.1, -0.05) is 17.7 Å². The first kappa shape index (κ1) is 22.3. The largest absolute Gasteiger partial charge is 0.456 e. The molecule has 0 radical (unpaired) electrons. The summed E-state index contributed by atoms with van der Waals surface area (Å²) in [5.41, 5.74) is 0.443. The highest BCUT2D eigenvalue weighted by molar-refractivity contribution is 8.00. The molecule has 0 spiro atoms. The molecule has 0 aliphatic carbocycles. The van der Waals surface area contributed by atoms with Crippen molar-refractivity contribution in [3.05, 3.63) is 73.1 Å². The number of ether oxygens (including phenoxy) is 1. The van der Waals surface area contributed by atoms with Crippen LogP contribution in [0.25, 0.3) is 0 Å². The molecule has 1 unspecified atom stereocenters. The highest BCUT2D eigenvalue weighted by Crippen LogP contribution is 2.41. The predicted molar refractivity (Wildman–Crippen MR) is 119 cm³/mol. The Hall–Kier alpha value is -2.89. The van der Waals surface area contributed by atoms with Gasteiger partial charge in [0.1, 0.15) is 23.7 Å². The summed E-state index contributed by atoms with van der Waals surface area (Å²) < 4.78 is 5.29. The number of thioether (sulfide) groups is 1. The molecule has 2 atom stereocenters. The van der Waals surface area contributed by atoms with E-state index in [1.165, 1.54) is 52.3 Å². The molecular weight excluding hydrogens is 478 g/mol. The van der Waals surface area contributed by atoms with Crippen LogP contribution in [0.1, 0.15) is 10.4 Å². The number of rotatable bonds is 7. The average Bonchev–Trinajstić information content (AvgIpc) is 3.28. The SMILES string of the molecule is O=C(Cc1cccs1)NC1C(=O)N2C(C(=O)OCc3ccc([N+](=O)[O-])cc3)=C(Cl)CS[C@H]12. The molecule has 2 amide bonds. The number of nitro groups is 1. The van der Waals surface area contributed by atoms with Crippen molar-refractivity contribution in [3.8, 4) is 0 Å². The van der Waals surface area contributed by atoms with Gasteiger partial charge in [0.2, 0.25) is 5.91 Å². The summed E-state index contributed by atoms with van der Waals surface area (Å²) in [6, 6.07) is 8.53. The van der Waals surface area contributed by atoms with E-state index < -0.39 is 28.2 Å². The van der Waals surface area contributed by atoms with Gasteiger partial charge in [-0.3, -0.25) is 24.6 Å². The van der Waals surface area contributed by atoms with Gasteiger partial charge in [0.25, 0.3) is 11.6 Å². The molecule has 9 nitrogen and oxygen atoms in total. The third kappa shape index (κ3) is 4.50. The van der Waals surface area contributed by atoms with E-state index in [2.05, 4.69) is 5.32 Å². The standard InChI is InChI=1S/C20H16ClN3O6S2/c21-14-10-32-19-16(22-15(25)8-13-2-1-7-31-13)18(26)23(19)17(14)20(27)30-9-11-3-5-12(6-4-11)24(28)29/h1-7,16,19H,8-10H2,(H,22,25)/t16?,19-/m1/s1. The lowest BCUT2D eigenvalue weighted by Crippen LogP contribution is -2.70. The summed E-state index contributed by atoms with van der Waals surface area (Å²) in [6.45, 7) is -0.134. The van der Waals surface area contributed by atoms with Crippen LogP contribution in [0.4, 0.5) is 5.69 Å². The first-order chi connectivity index (χ1) is 15.3. The number of fused-ring (bicyclic) bond motifs is 1. The van der Waals surface area contributed by atoms with Crippen molar-refractivity contribution in [1.82, 2.24) is 10.2 Å². The molecule has 12 heteroatoms. The monoisotopic (exact) mass is 493 g/mol. The van der Waals surface area contributed by atoms with Crippen LogP contribution in [0.3, 0.4) is 0 Å². The number of β-lactam (4-membered cyclic amide) rings is 1. The molecule has 32 heavy (non-hydrogen) atoms. The fraction of sp³-hybridized carbons (Fsp3) is 0.250. The van der Waals surface area contributed by atoms with Crippen molar-refractivity contribution >= 4 is 58.2 Å². The number of hydrogen-bond donors (Lipinski definition) is 1. The molecule has 2 aromatic rings. The molecule has 1 fully saturated rings. The molecule has 3 heterocycles. The van der Waals surface area contributed by atoms with E-state index in [0.717, 1.165) is 4.88 Å². The number of nitrogens with zero attached hydrogens (tertiary/aromatic N) is 2. The van der Waals surface area contributed by atoms with Crippen LogP contribution in [0.5, 0.6) is 0 Å². The third-order valence-electron chi connectivity index (χ3n) is 4.86. The van der Waals surface area contributed by atoms with E-state index in [0.29, 0.717) is 11.3 Å². The molecule has 166 valence electrons. The second-order valence-corrected chi connectivity index (χ2v) is 9.56. The Labute approximate surface area is 195 Å². The van der Waals surface area contributed by atoms with Crippen molar-refractivity contribution < 1.29 is 24.0 Å². The quantitative estimate of drug-likeness (QED) is 0.272. The maximum absolute atomic E-state index is 12.7. The van der Waals surface area contributed by atoms with E-state index in [9.17, 15) is 24.5 Å². The van der Waals surface area contributed by atoms with Crippen LogP contribution in [0.15, 0.2) is 52.5 Å². The van der Waals surface area contributed by atoms with E-state index in [1.54, 1.807) is 0 Å². The molecule has 2 aliphatic rings. The lowest BCUT2D eigenvalue weighted by molar-refractivity contribution is -0.384. The van der Waals surface area contributed by atoms with Gasteiger partial charge in [-0.05, 0) is 29.1 Å². The summed E-state index contributed by atoms with van der Waals surface area (Å²) in [4.78, 5) is 50.0. The zero-order valence-corrected chi connectivity index (χ0v) is 18.7. The maximum Gasteiger partial charge on any atom is 0.356 e. The van der Waals surface area contributed by atoms with Crippen molar-refractivity contribution in [3.63, 3.8) is 0 Å². The maximum atomic E-state index is 12.7. The molecule has 2 aliphatic heterocycles. The Morgan fingerprint density at radius 2 is 2.03 bits per heavy atom. The molecule has 4 rings (SSSR count). The minimum atomic E-state index is -0.768. The number of halogens is 1. The number of benzene rings is 1. The van der Waals surface area contributed by atoms with Crippen LogP contribution in [0, 0.1) is 10.1 Å². The van der Waals surface area contributed by atoms with Gasteiger partial charge >= 0.3 is 5.97 Å². The smallest absolute Gasteiger partial charge is 0.356 e. The topological polar surface area (TPSA) is 119 Å². The number of nitro benzene ring substituents is 1. The average molecular weight is 494 g/mol. The lowest BCUT2D eigenvalue weighted by atomic mass is 10.0. The summed E-state index contributed by atoms with van der Waals surface area (Å²) in [5, 5.41) is 15.1. The van der Waals surface area contributed by atoms with Gasteiger partial charge in [0.05, 0.1) is 16.4 Å². The summed E-state index contributed by atoms with van der Waals surface area (Å²) in [5.74, 6) is -1.17. The van der Waals surface area contributed by atoms with Gasteiger partial charge in [-0.15, -0.1) is 23.1 Å². The fourth-order valence-corrected chi connectivity index (χ4v) is 5.55. The lowest BCUT2D eigenvalue weighted by Gasteiger charge is -2.49. The van der Waals surface area contributed by atoms with Gasteiger partial charge in [-0.25, -0.2) is 4.79 Å². The van der Waals surface area contributed by atoms with Crippen molar-refractivity contribution in [2.75, 3.05) is 5.75 Å². The summed E-state index contributed by atoms with van der Waals surface area (Å²) in [7, 11) is 0. The first-order valence-corrected chi connectivity index (χ1v) is 11.7. The van der Waals surface area contributed by atoms with Crippen molar-refractivity contribution in [2.24, 2.45) is 0 Å². The Balaban J connectivity index is 1.38. The van der Waals surface area contributed by atoms with Gasteiger partial charge < -0.3 is 10.1 Å². The van der Waals surface area contributed by atoms with Crippen LogP contribution in [-0.4, -0.2) is 44.8 Å². The number of thiophene rings is 1. The third-order valence-corrected chi connectivity index (χ3v) is 7.49. The van der Waals surface area contributed by atoms with Crippen molar-refractivity contribution in [2.45, 2.75) is 24.4 Å². The number of nitrogens with one attached hydrogen (secondary N) is 1. The molecule has 1 N–H and O–H groups in total. The molecular formula is C20H16ClN3O6S2. The highest BCUT2D eigenvalue weighted by Gasteiger charge is 2.54. The molecule has 1 aromatic carbocycles. The van der Waals surface area contributed by atoms with Gasteiger partial charge in [0, 0.05) is 22.8 Å². The van der Waals surface area contributed by atoms with Gasteiger partial charge in [0.15, 0.2) is 0 Å². The molecule has 1 saturated heterocycles. The highest BCUT2D eigenvalue weighted by atomic mass is 35.5. The number of non-ortho nitro benzene ring substituents is 1. The number of hydrogen-bond acceptors (Lipinski definition) is 8. The number of carbonyl (C=O) groups excluding carboxylic acids is 3. The van der Waals surface area contributed by atoms with Crippen molar-refractivity contribution in [1.29, 1.82) is 0 Å². The second-order valence-electron chi connectivity index (χ2n) is 6.96. The Morgan fingerprint density at radius 3 is 2.69 bits per heavy atom. The van der Waals surface area contributed by atoms with Gasteiger partial charge in [-0.2, -0.15) is 0 Å². The first-order valence-electron chi connectivity index (χ1n) is 9.40. The Morgan fingerprint density at radius 1 is 1.28 bits per heavy atom. The van der Waals surface area contributed by atoms with E-state index in [1.807, 2.05) is 17.5 Å². The zero-order chi connectivity index (χ0) is 22.8. The summed E-state index contributed by atoms with van der Waals surface area (Å²) in [6.07, 6.45) is 0.180. The second kappa shape index (κ2) is 9.31. The molecule has 0 bridgehead atoms. The van der Waals surface area contributed by atoms with Crippen LogP contribution < -0.4 is 5.32 Å². The van der Waals surface area contributed by atoms with Crippen LogP contribution in [-0.2, 0) is 32.1 Å². The number of esters is 1. The minimum Gasteiger partial charge on any atom is -0.456 e. The van der Waals surface area contributed by atoms with Crippen LogP contribution in [0.2, 0.25) is 0 Å². The number of carbonyl (C=O) groups is 3. The molecule has 1 aromatic heterocycles. The normalized spacial score (nSPS) is 19.8. The summed E-state index contributed by atoms with van der Waals surface area (Å²) >= 11 is 9.04. The van der Waals surface area contributed by atoms with E-state index in [-0.39, 0.29) is 35.4 Å². The fourth-order valence-electron chi connectivity index (χ4n) is 3.30. The minimum absolute atomic E-state index is 0.0360. The number of amides is 2. The Bertz CT molecular complexity index is 1100. The zero-order valence-electron chi connectivity index (χ0n) is 16.4. The Kier molecular flexibility index (Phi) is 6.49. The van der Waals surface area contributed by atoms with E-state index in [4.69, 9.17) is 16.3 Å². The van der Waals surface area contributed by atoms with Crippen LogP contribution >= 0.6 is 34.7 Å².